The third-order valence-corrected chi connectivity index (χ3v) is 2.94. The summed E-state index contributed by atoms with van der Waals surface area (Å²) in [4.78, 5) is 0. The van der Waals surface area contributed by atoms with Crippen molar-refractivity contribution in [2.45, 2.75) is 44.9 Å². The third-order valence-electron chi connectivity index (χ3n) is 2.94. The number of hydrogen-bond donors (Lipinski definition) is 1. The summed E-state index contributed by atoms with van der Waals surface area (Å²) < 4.78 is 10.7. The number of aliphatic hydroxyl groups excluding tert-OH is 1. The molecule has 0 aromatic carbocycles. The van der Waals surface area contributed by atoms with Crippen LogP contribution < -0.4 is 0 Å². The van der Waals surface area contributed by atoms with Crippen LogP contribution in [0.15, 0.2) is 0 Å². The number of rotatable bonds is 0. The van der Waals surface area contributed by atoms with Crippen molar-refractivity contribution >= 4 is 0 Å². The molecule has 0 radical (unpaired) electrons. The minimum Gasteiger partial charge on any atom is -0.390 e. The predicted molar refractivity (Wildman–Crippen MR) is 39.0 cm³/mol. The standard InChI is InChI=1S/C8H14O3/c1-4-5(2)10-7-8(3,11-7)6(4)9/h4-7,9H,1-3H3/t4?,5-,6?,7?,8?/m0/s1. The van der Waals surface area contributed by atoms with E-state index in [-0.39, 0.29) is 24.4 Å². The third kappa shape index (κ3) is 0.849. The zero-order chi connectivity index (χ0) is 8.22. The highest BCUT2D eigenvalue weighted by Crippen LogP contribution is 2.48. The number of aliphatic hydroxyl groups is 1. The number of epoxide rings is 1. The largest absolute Gasteiger partial charge is 0.390 e. The molecule has 3 heteroatoms. The van der Waals surface area contributed by atoms with E-state index in [1.54, 1.807) is 0 Å². The fourth-order valence-electron chi connectivity index (χ4n) is 1.67. The number of ether oxygens (including phenoxy) is 2. The topological polar surface area (TPSA) is 42.0 Å². The minimum absolute atomic E-state index is 0.102. The van der Waals surface area contributed by atoms with Crippen molar-refractivity contribution in [2.75, 3.05) is 0 Å². The van der Waals surface area contributed by atoms with E-state index in [1.807, 2.05) is 20.8 Å². The minimum atomic E-state index is -0.411. The van der Waals surface area contributed by atoms with Gasteiger partial charge in [-0.25, -0.2) is 0 Å². The predicted octanol–water partition coefficient (Wildman–Crippen LogP) is 0.517. The Morgan fingerprint density at radius 2 is 2.00 bits per heavy atom. The van der Waals surface area contributed by atoms with Gasteiger partial charge in [-0.15, -0.1) is 0 Å². The molecule has 2 aliphatic heterocycles. The van der Waals surface area contributed by atoms with Gasteiger partial charge in [-0.1, -0.05) is 6.92 Å². The maximum absolute atomic E-state index is 9.71. The van der Waals surface area contributed by atoms with E-state index in [0.717, 1.165) is 0 Å². The molecule has 0 aromatic heterocycles. The van der Waals surface area contributed by atoms with Gasteiger partial charge in [-0.2, -0.15) is 0 Å². The van der Waals surface area contributed by atoms with Crippen molar-refractivity contribution in [3.8, 4) is 0 Å². The van der Waals surface area contributed by atoms with Gasteiger partial charge < -0.3 is 14.6 Å². The Morgan fingerprint density at radius 3 is 2.64 bits per heavy atom. The zero-order valence-corrected chi connectivity index (χ0v) is 7.07. The van der Waals surface area contributed by atoms with Gasteiger partial charge in [0.05, 0.1) is 12.2 Å². The lowest BCUT2D eigenvalue weighted by molar-refractivity contribution is -0.0902. The summed E-state index contributed by atoms with van der Waals surface area (Å²) in [6, 6.07) is 0. The fraction of sp³-hybridized carbons (Fsp3) is 1.00. The van der Waals surface area contributed by atoms with Gasteiger partial charge in [-0.05, 0) is 13.8 Å². The van der Waals surface area contributed by atoms with Gasteiger partial charge in [0.1, 0.15) is 5.60 Å². The summed E-state index contributed by atoms with van der Waals surface area (Å²) in [5.74, 6) is 0.166. The molecule has 2 heterocycles. The van der Waals surface area contributed by atoms with Gasteiger partial charge >= 0.3 is 0 Å². The Kier molecular flexibility index (Phi) is 1.35. The summed E-state index contributed by atoms with van der Waals surface area (Å²) in [5, 5.41) is 9.71. The van der Waals surface area contributed by atoms with Crippen molar-refractivity contribution in [1.29, 1.82) is 0 Å². The van der Waals surface area contributed by atoms with Crippen molar-refractivity contribution in [1.82, 2.24) is 0 Å². The van der Waals surface area contributed by atoms with E-state index in [4.69, 9.17) is 9.47 Å². The van der Waals surface area contributed by atoms with Crippen LogP contribution >= 0.6 is 0 Å². The molecule has 5 atom stereocenters. The van der Waals surface area contributed by atoms with E-state index in [1.165, 1.54) is 0 Å². The van der Waals surface area contributed by atoms with E-state index in [2.05, 4.69) is 0 Å². The lowest BCUT2D eigenvalue weighted by Crippen LogP contribution is -2.45. The average molecular weight is 158 g/mol. The Morgan fingerprint density at radius 1 is 1.36 bits per heavy atom. The smallest absolute Gasteiger partial charge is 0.190 e. The summed E-state index contributed by atoms with van der Waals surface area (Å²) >= 11 is 0. The van der Waals surface area contributed by atoms with Crippen LogP contribution in [-0.2, 0) is 9.47 Å². The Balaban J connectivity index is 2.16. The maximum atomic E-state index is 9.71. The molecule has 0 saturated carbocycles. The monoisotopic (exact) mass is 158 g/mol. The van der Waals surface area contributed by atoms with Crippen LogP contribution in [0.5, 0.6) is 0 Å². The lowest BCUT2D eigenvalue weighted by Gasteiger charge is -2.31. The normalized spacial score (nSPS) is 62.2. The number of fused-ring (bicyclic) bond motifs is 1. The first-order chi connectivity index (χ1) is 5.05. The first-order valence-electron chi connectivity index (χ1n) is 4.07. The van der Waals surface area contributed by atoms with Crippen LogP contribution in [0, 0.1) is 5.92 Å². The highest BCUT2D eigenvalue weighted by molar-refractivity contribution is 5.05. The van der Waals surface area contributed by atoms with E-state index < -0.39 is 5.60 Å². The fourth-order valence-corrected chi connectivity index (χ4v) is 1.67. The van der Waals surface area contributed by atoms with Crippen LogP contribution in [-0.4, -0.2) is 29.2 Å². The molecule has 2 fully saturated rings. The molecule has 2 aliphatic rings. The second-order valence-corrected chi connectivity index (χ2v) is 3.78. The molecular formula is C8H14O3. The van der Waals surface area contributed by atoms with Crippen LogP contribution in [0.3, 0.4) is 0 Å². The van der Waals surface area contributed by atoms with Gasteiger partial charge in [0.15, 0.2) is 6.29 Å². The van der Waals surface area contributed by atoms with Crippen LogP contribution in [0.4, 0.5) is 0 Å². The highest BCUT2D eigenvalue weighted by atomic mass is 16.8. The average Bonchev–Trinajstić information content (AvgIpc) is 2.59. The Labute approximate surface area is 66.3 Å². The second-order valence-electron chi connectivity index (χ2n) is 3.78. The summed E-state index contributed by atoms with van der Waals surface area (Å²) in [5.41, 5.74) is -0.411. The van der Waals surface area contributed by atoms with E-state index in [9.17, 15) is 5.11 Å². The van der Waals surface area contributed by atoms with Gasteiger partial charge in [0.25, 0.3) is 0 Å². The molecule has 0 bridgehead atoms. The summed E-state index contributed by atoms with van der Waals surface area (Å²) in [6.45, 7) is 5.85. The van der Waals surface area contributed by atoms with E-state index >= 15 is 0 Å². The van der Waals surface area contributed by atoms with Crippen molar-refractivity contribution in [3.05, 3.63) is 0 Å². The Hall–Kier alpha value is -0.120. The summed E-state index contributed by atoms with van der Waals surface area (Å²) in [6.07, 6.45) is -0.439. The number of hydrogen-bond acceptors (Lipinski definition) is 3. The highest BCUT2D eigenvalue weighted by Gasteiger charge is 2.64. The molecule has 2 rings (SSSR count). The second kappa shape index (κ2) is 1.97. The molecular weight excluding hydrogens is 144 g/mol. The van der Waals surface area contributed by atoms with Crippen molar-refractivity contribution in [2.24, 2.45) is 5.92 Å². The molecule has 0 amide bonds. The SMILES string of the molecule is CC1C(O)C2(C)OC2O[C@H]1C. The van der Waals surface area contributed by atoms with Crippen LogP contribution in [0.1, 0.15) is 20.8 Å². The molecule has 3 nitrogen and oxygen atoms in total. The molecule has 2 saturated heterocycles. The van der Waals surface area contributed by atoms with Crippen LogP contribution in [0.25, 0.3) is 0 Å². The lowest BCUT2D eigenvalue weighted by atomic mass is 9.87. The maximum Gasteiger partial charge on any atom is 0.190 e. The summed E-state index contributed by atoms with van der Waals surface area (Å²) in [7, 11) is 0. The van der Waals surface area contributed by atoms with Gasteiger partial charge in [0.2, 0.25) is 0 Å². The molecule has 64 valence electrons. The van der Waals surface area contributed by atoms with Gasteiger partial charge in [-0.3, -0.25) is 0 Å². The molecule has 1 N–H and O–H groups in total. The first-order valence-corrected chi connectivity index (χ1v) is 4.07. The van der Waals surface area contributed by atoms with Crippen molar-refractivity contribution in [3.63, 3.8) is 0 Å². The van der Waals surface area contributed by atoms with E-state index in [0.29, 0.717) is 0 Å². The molecule has 0 spiro atoms. The molecule has 0 aromatic rings. The molecule has 4 unspecified atom stereocenters. The van der Waals surface area contributed by atoms with Gasteiger partial charge in [0, 0.05) is 5.92 Å². The van der Waals surface area contributed by atoms with Crippen LogP contribution in [0.2, 0.25) is 0 Å². The zero-order valence-electron chi connectivity index (χ0n) is 7.07. The first kappa shape index (κ1) is 7.53. The molecule has 0 aliphatic carbocycles. The van der Waals surface area contributed by atoms with Crippen molar-refractivity contribution < 1.29 is 14.6 Å². The quantitative estimate of drug-likeness (QED) is 0.522. The molecule has 11 heavy (non-hydrogen) atoms. The Bertz CT molecular complexity index is 182.